The number of aliphatic carboxylic acids is 1. The molecule has 0 radical (unpaired) electrons. The standard InChI is InChI=1S/C14H15Cl2NO4/c1-14(13(19)20)4-3-5-17(14)12(18)8-6-9(15)11(21-2)10(16)7-8/h6-7H,3-5H2,1-2H3,(H,19,20). The van der Waals surface area contributed by atoms with Crippen molar-refractivity contribution in [3.05, 3.63) is 27.7 Å². The molecule has 7 heteroatoms. The molecule has 2 rings (SSSR count). The molecule has 0 aromatic heterocycles. The summed E-state index contributed by atoms with van der Waals surface area (Å²) >= 11 is 12.0. The zero-order chi connectivity index (χ0) is 15.8. The van der Waals surface area contributed by atoms with Gasteiger partial charge in [-0.15, -0.1) is 0 Å². The van der Waals surface area contributed by atoms with Crippen molar-refractivity contribution in [3.63, 3.8) is 0 Å². The number of carbonyl (C=O) groups is 2. The van der Waals surface area contributed by atoms with Crippen molar-refractivity contribution in [1.29, 1.82) is 0 Å². The first-order valence-electron chi connectivity index (χ1n) is 6.39. The molecule has 0 saturated carbocycles. The van der Waals surface area contributed by atoms with Crippen LogP contribution in [0, 0.1) is 0 Å². The van der Waals surface area contributed by atoms with Gasteiger partial charge in [0.05, 0.1) is 17.2 Å². The Morgan fingerprint density at radius 1 is 1.33 bits per heavy atom. The number of carbonyl (C=O) groups excluding carboxylic acids is 1. The number of halogens is 2. The molecular weight excluding hydrogens is 317 g/mol. The zero-order valence-electron chi connectivity index (χ0n) is 11.7. The van der Waals surface area contributed by atoms with Gasteiger partial charge in [0.1, 0.15) is 5.54 Å². The number of ether oxygens (including phenoxy) is 1. The van der Waals surface area contributed by atoms with E-state index >= 15 is 0 Å². The monoisotopic (exact) mass is 331 g/mol. The first-order chi connectivity index (χ1) is 9.81. The van der Waals surface area contributed by atoms with Crippen molar-refractivity contribution in [2.45, 2.75) is 25.3 Å². The SMILES string of the molecule is COc1c(Cl)cc(C(=O)N2CCCC2(C)C(=O)O)cc1Cl. The number of amides is 1. The number of likely N-dealkylation sites (tertiary alicyclic amines) is 1. The van der Waals surface area contributed by atoms with Gasteiger partial charge >= 0.3 is 5.97 Å². The molecule has 0 aliphatic carbocycles. The predicted molar refractivity (Wildman–Crippen MR) is 79.3 cm³/mol. The number of hydrogen-bond acceptors (Lipinski definition) is 3. The molecule has 1 aliphatic rings. The van der Waals surface area contributed by atoms with Crippen LogP contribution in [0.5, 0.6) is 5.75 Å². The third kappa shape index (κ3) is 2.68. The summed E-state index contributed by atoms with van der Waals surface area (Å²) in [6.07, 6.45) is 1.07. The smallest absolute Gasteiger partial charge is 0.329 e. The molecule has 0 bridgehead atoms. The van der Waals surface area contributed by atoms with Gasteiger partial charge in [0.15, 0.2) is 5.75 Å². The second kappa shape index (κ2) is 5.73. The van der Waals surface area contributed by atoms with Crippen LogP contribution in [0.1, 0.15) is 30.1 Å². The fourth-order valence-corrected chi connectivity index (χ4v) is 3.19. The third-order valence-corrected chi connectivity index (χ3v) is 4.36. The second-order valence-corrected chi connectivity index (χ2v) is 5.93. The molecule has 1 atom stereocenters. The number of benzene rings is 1. The highest BCUT2D eigenvalue weighted by molar-refractivity contribution is 6.37. The number of rotatable bonds is 3. The van der Waals surface area contributed by atoms with Crippen molar-refractivity contribution in [2.24, 2.45) is 0 Å². The molecule has 21 heavy (non-hydrogen) atoms. The summed E-state index contributed by atoms with van der Waals surface area (Å²) in [6.45, 7) is 1.94. The van der Waals surface area contributed by atoms with E-state index in [1.807, 2.05) is 0 Å². The Bertz CT molecular complexity index is 582. The molecular formula is C14H15Cl2NO4. The van der Waals surface area contributed by atoms with Gasteiger partial charge < -0.3 is 14.7 Å². The van der Waals surface area contributed by atoms with Crippen LogP contribution in [0.3, 0.4) is 0 Å². The molecule has 114 valence electrons. The number of methoxy groups -OCH3 is 1. The van der Waals surface area contributed by atoms with E-state index in [2.05, 4.69) is 0 Å². The molecule has 1 heterocycles. The Labute approximate surface area is 132 Å². The van der Waals surface area contributed by atoms with Gasteiger partial charge in [-0.25, -0.2) is 4.79 Å². The summed E-state index contributed by atoms with van der Waals surface area (Å²) in [6, 6.07) is 2.88. The lowest BCUT2D eigenvalue weighted by Crippen LogP contribution is -2.50. The minimum Gasteiger partial charge on any atom is -0.494 e. The number of carboxylic acids is 1. The lowest BCUT2D eigenvalue weighted by molar-refractivity contribution is -0.147. The molecule has 1 unspecified atom stereocenters. The predicted octanol–water partition coefficient (Wildman–Crippen LogP) is 3.08. The highest BCUT2D eigenvalue weighted by Crippen LogP contribution is 2.36. The Kier molecular flexibility index (Phi) is 4.35. The highest BCUT2D eigenvalue weighted by Gasteiger charge is 2.46. The largest absolute Gasteiger partial charge is 0.494 e. The van der Waals surface area contributed by atoms with Gasteiger partial charge in [0.25, 0.3) is 5.91 Å². The van der Waals surface area contributed by atoms with Crippen LogP contribution >= 0.6 is 23.2 Å². The molecule has 1 aliphatic heterocycles. The average molecular weight is 332 g/mol. The van der Waals surface area contributed by atoms with Gasteiger partial charge in [-0.1, -0.05) is 23.2 Å². The molecule has 1 fully saturated rings. The molecule has 1 aromatic rings. The summed E-state index contributed by atoms with van der Waals surface area (Å²) < 4.78 is 5.03. The van der Waals surface area contributed by atoms with Gasteiger partial charge in [-0.3, -0.25) is 4.79 Å². The van der Waals surface area contributed by atoms with E-state index in [0.29, 0.717) is 19.4 Å². The van der Waals surface area contributed by atoms with Gasteiger partial charge in [-0.2, -0.15) is 0 Å². The van der Waals surface area contributed by atoms with Gasteiger partial charge in [0.2, 0.25) is 0 Å². The van der Waals surface area contributed by atoms with E-state index in [4.69, 9.17) is 27.9 Å². The van der Waals surface area contributed by atoms with E-state index in [0.717, 1.165) is 0 Å². The first-order valence-corrected chi connectivity index (χ1v) is 7.15. The van der Waals surface area contributed by atoms with Crippen LogP contribution in [-0.4, -0.2) is 41.1 Å². The number of hydrogen-bond donors (Lipinski definition) is 1. The molecule has 5 nitrogen and oxygen atoms in total. The van der Waals surface area contributed by atoms with Gasteiger partial charge in [0, 0.05) is 12.1 Å². The fourth-order valence-electron chi connectivity index (χ4n) is 2.55. The minimum atomic E-state index is -1.20. The van der Waals surface area contributed by atoms with Crippen molar-refractivity contribution < 1.29 is 19.4 Å². The van der Waals surface area contributed by atoms with Crippen molar-refractivity contribution in [3.8, 4) is 5.75 Å². The fraction of sp³-hybridized carbons (Fsp3) is 0.429. The Hall–Kier alpha value is -1.46. The summed E-state index contributed by atoms with van der Waals surface area (Å²) in [4.78, 5) is 25.4. The maximum atomic E-state index is 12.6. The number of nitrogens with zero attached hydrogens (tertiary/aromatic N) is 1. The summed E-state index contributed by atoms with van der Waals surface area (Å²) in [5.41, 5.74) is -0.948. The van der Waals surface area contributed by atoms with Crippen molar-refractivity contribution in [2.75, 3.05) is 13.7 Å². The van der Waals surface area contributed by atoms with Crippen LogP contribution in [0.25, 0.3) is 0 Å². The topological polar surface area (TPSA) is 66.8 Å². The van der Waals surface area contributed by atoms with Crippen LogP contribution in [0.15, 0.2) is 12.1 Å². The molecule has 0 spiro atoms. The molecule has 1 saturated heterocycles. The van der Waals surface area contributed by atoms with Crippen LogP contribution < -0.4 is 4.74 Å². The lowest BCUT2D eigenvalue weighted by atomic mass is 9.98. The number of carboxylic acid groups (broad SMARTS) is 1. The Balaban J connectivity index is 2.39. The highest BCUT2D eigenvalue weighted by atomic mass is 35.5. The van der Waals surface area contributed by atoms with Gasteiger partial charge in [-0.05, 0) is 31.9 Å². The van der Waals surface area contributed by atoms with Crippen molar-refractivity contribution >= 4 is 35.1 Å². The van der Waals surface area contributed by atoms with Crippen LogP contribution in [0.2, 0.25) is 10.0 Å². The first kappa shape index (κ1) is 15.9. The quantitative estimate of drug-likeness (QED) is 0.924. The van der Waals surface area contributed by atoms with E-state index in [1.165, 1.54) is 24.1 Å². The lowest BCUT2D eigenvalue weighted by Gasteiger charge is -2.31. The Morgan fingerprint density at radius 3 is 2.38 bits per heavy atom. The van der Waals surface area contributed by atoms with E-state index in [-0.39, 0.29) is 21.4 Å². The van der Waals surface area contributed by atoms with E-state index < -0.39 is 17.4 Å². The Morgan fingerprint density at radius 2 is 1.90 bits per heavy atom. The summed E-state index contributed by atoms with van der Waals surface area (Å²) in [5, 5.41) is 9.79. The maximum Gasteiger partial charge on any atom is 0.329 e. The molecule has 1 amide bonds. The van der Waals surface area contributed by atoms with E-state index in [9.17, 15) is 14.7 Å². The maximum absolute atomic E-state index is 12.6. The third-order valence-electron chi connectivity index (χ3n) is 3.80. The summed E-state index contributed by atoms with van der Waals surface area (Å²) in [7, 11) is 1.43. The average Bonchev–Trinajstić information content (AvgIpc) is 2.81. The van der Waals surface area contributed by atoms with Crippen LogP contribution in [-0.2, 0) is 4.79 Å². The normalized spacial score (nSPS) is 21.4. The zero-order valence-corrected chi connectivity index (χ0v) is 13.2. The van der Waals surface area contributed by atoms with Crippen molar-refractivity contribution in [1.82, 2.24) is 4.90 Å². The summed E-state index contributed by atoms with van der Waals surface area (Å²) in [5.74, 6) is -1.12. The van der Waals surface area contributed by atoms with Crippen LogP contribution in [0.4, 0.5) is 0 Å². The second-order valence-electron chi connectivity index (χ2n) is 5.11. The molecule has 1 N–H and O–H groups in total. The molecule has 1 aromatic carbocycles. The minimum absolute atomic E-state index is 0.213. The van der Waals surface area contributed by atoms with E-state index in [1.54, 1.807) is 6.92 Å².